The molecule has 0 N–H and O–H groups in total. The highest BCUT2D eigenvalue weighted by Crippen LogP contribution is 2.48. The summed E-state index contributed by atoms with van der Waals surface area (Å²) >= 11 is 0. The zero-order valence-corrected chi connectivity index (χ0v) is 18.9. The van der Waals surface area contributed by atoms with Gasteiger partial charge in [0, 0.05) is 11.6 Å². The molecule has 0 spiro atoms. The minimum Gasteiger partial charge on any atom is -0.466 e. The van der Waals surface area contributed by atoms with Crippen LogP contribution in [0.25, 0.3) is 0 Å². The van der Waals surface area contributed by atoms with Gasteiger partial charge in [-0.2, -0.15) is 8.78 Å². The molecule has 1 rings (SSSR count). The van der Waals surface area contributed by atoms with E-state index in [0.29, 0.717) is 5.56 Å². The molecule has 0 radical (unpaired) electrons. The largest absolute Gasteiger partial charge is 0.466 e. The Morgan fingerprint density at radius 3 is 2.04 bits per heavy atom. The van der Waals surface area contributed by atoms with Crippen molar-refractivity contribution in [2.24, 2.45) is 0 Å². The molecule has 0 aliphatic carbocycles. The zero-order chi connectivity index (χ0) is 21.2. The Bertz CT molecular complexity index is 698. The van der Waals surface area contributed by atoms with E-state index < -0.39 is 26.3 Å². The number of hydrogen-bond donors (Lipinski definition) is 0. The Balaban J connectivity index is 3.60. The molecular formula is C21H32F2O3Si. The van der Waals surface area contributed by atoms with Crippen LogP contribution >= 0.6 is 0 Å². The molecule has 0 fully saturated rings. The molecular weight excluding hydrogens is 366 g/mol. The summed E-state index contributed by atoms with van der Waals surface area (Å²) in [5.74, 6) is -4.17. The summed E-state index contributed by atoms with van der Waals surface area (Å²) in [5, 5.41) is -0.238. The molecule has 6 heteroatoms. The van der Waals surface area contributed by atoms with Crippen LogP contribution in [0.5, 0.6) is 0 Å². The lowest BCUT2D eigenvalue weighted by Gasteiger charge is -2.42. The molecule has 1 unspecified atom stereocenters. The Hall–Kier alpha value is -1.53. The highest BCUT2D eigenvalue weighted by Gasteiger charge is 2.50. The predicted molar refractivity (Wildman–Crippen MR) is 108 cm³/mol. The van der Waals surface area contributed by atoms with Crippen molar-refractivity contribution in [3.8, 4) is 0 Å². The lowest BCUT2D eigenvalue weighted by atomic mass is 9.91. The quantitative estimate of drug-likeness (QED) is 0.329. The standard InChI is InChI=1S/C21H32F2O3Si/c1-14-11-10-12-15(2)18(14)19(26-27(8,9)20(4,5)6)21(22,23)16(3)13-17(24)25-7/h10-13,19H,1-9H3/b16-13-. The van der Waals surface area contributed by atoms with E-state index in [1.807, 2.05) is 39.9 Å². The van der Waals surface area contributed by atoms with Crippen molar-refractivity contribution in [3.63, 3.8) is 0 Å². The number of methoxy groups -OCH3 is 1. The van der Waals surface area contributed by atoms with Gasteiger partial charge in [-0.15, -0.1) is 0 Å². The van der Waals surface area contributed by atoms with Gasteiger partial charge in [-0.1, -0.05) is 39.0 Å². The second-order valence-electron chi connectivity index (χ2n) is 8.54. The third-order valence-electron chi connectivity index (χ3n) is 5.41. The van der Waals surface area contributed by atoms with E-state index in [2.05, 4.69) is 4.74 Å². The molecule has 152 valence electrons. The molecule has 0 saturated carbocycles. The fraction of sp³-hybridized carbons (Fsp3) is 0.571. The van der Waals surface area contributed by atoms with E-state index in [9.17, 15) is 4.79 Å². The number of carbonyl (C=O) groups is 1. The third-order valence-corrected chi connectivity index (χ3v) is 9.85. The van der Waals surface area contributed by atoms with Crippen LogP contribution in [0.1, 0.15) is 50.5 Å². The second-order valence-corrected chi connectivity index (χ2v) is 13.3. The van der Waals surface area contributed by atoms with E-state index in [1.165, 1.54) is 14.0 Å². The third kappa shape index (κ3) is 5.26. The van der Waals surface area contributed by atoms with Crippen LogP contribution in [0, 0.1) is 13.8 Å². The minimum absolute atomic E-state index is 0.238. The molecule has 0 amide bonds. The van der Waals surface area contributed by atoms with Crippen molar-refractivity contribution in [3.05, 3.63) is 46.5 Å². The van der Waals surface area contributed by atoms with Gasteiger partial charge in [0.25, 0.3) is 5.92 Å². The SMILES string of the molecule is COC(=O)/C=C(/C)C(F)(F)C(O[Si](C)(C)C(C)(C)C)c1c(C)cccc1C. The van der Waals surface area contributed by atoms with Crippen molar-refractivity contribution in [2.75, 3.05) is 7.11 Å². The summed E-state index contributed by atoms with van der Waals surface area (Å²) in [6.45, 7) is 14.8. The monoisotopic (exact) mass is 398 g/mol. The summed E-state index contributed by atoms with van der Waals surface area (Å²) < 4.78 is 41.9. The van der Waals surface area contributed by atoms with Gasteiger partial charge in [-0.25, -0.2) is 4.79 Å². The molecule has 0 saturated heterocycles. The topological polar surface area (TPSA) is 35.5 Å². The summed E-state index contributed by atoms with van der Waals surface area (Å²) in [5.41, 5.74) is 1.58. The van der Waals surface area contributed by atoms with Gasteiger partial charge >= 0.3 is 5.97 Å². The minimum atomic E-state index is -3.36. The van der Waals surface area contributed by atoms with E-state index in [-0.39, 0.29) is 10.6 Å². The summed E-state index contributed by atoms with van der Waals surface area (Å²) in [7, 11) is -1.36. The first kappa shape index (κ1) is 23.5. The van der Waals surface area contributed by atoms with Crippen molar-refractivity contribution in [2.45, 2.75) is 71.7 Å². The number of benzene rings is 1. The molecule has 1 atom stereocenters. The number of rotatable bonds is 6. The first-order valence-corrected chi connectivity index (χ1v) is 11.9. The highest BCUT2D eigenvalue weighted by molar-refractivity contribution is 6.74. The molecule has 1 aromatic carbocycles. The molecule has 1 aromatic rings. The molecule has 0 aliphatic rings. The molecule has 0 aromatic heterocycles. The van der Waals surface area contributed by atoms with Gasteiger partial charge < -0.3 is 9.16 Å². The maximum absolute atomic E-state index is 15.6. The van der Waals surface area contributed by atoms with Crippen LogP contribution in [-0.4, -0.2) is 27.3 Å². The molecule has 0 aliphatic heterocycles. The number of ether oxygens (including phenoxy) is 1. The van der Waals surface area contributed by atoms with Crippen LogP contribution in [0.15, 0.2) is 29.8 Å². The van der Waals surface area contributed by atoms with Crippen LogP contribution in [0.3, 0.4) is 0 Å². The van der Waals surface area contributed by atoms with E-state index in [0.717, 1.165) is 17.2 Å². The van der Waals surface area contributed by atoms with Crippen molar-refractivity contribution in [1.82, 2.24) is 0 Å². The van der Waals surface area contributed by atoms with E-state index >= 15 is 8.78 Å². The number of hydrogen-bond acceptors (Lipinski definition) is 3. The van der Waals surface area contributed by atoms with Crippen LogP contribution < -0.4 is 0 Å². The first-order chi connectivity index (χ1) is 12.1. The molecule has 0 heterocycles. The van der Waals surface area contributed by atoms with Gasteiger partial charge in [0.1, 0.15) is 6.10 Å². The molecule has 27 heavy (non-hydrogen) atoms. The number of alkyl halides is 2. The lowest BCUT2D eigenvalue weighted by molar-refractivity contribution is -0.135. The average Bonchev–Trinajstić information content (AvgIpc) is 2.52. The smallest absolute Gasteiger partial charge is 0.330 e. The Morgan fingerprint density at radius 1 is 1.15 bits per heavy atom. The van der Waals surface area contributed by atoms with Gasteiger partial charge in [0.2, 0.25) is 0 Å². The number of aryl methyl sites for hydroxylation is 2. The van der Waals surface area contributed by atoms with Gasteiger partial charge in [-0.3, -0.25) is 0 Å². The van der Waals surface area contributed by atoms with Crippen molar-refractivity contribution < 1.29 is 22.7 Å². The van der Waals surface area contributed by atoms with E-state index in [4.69, 9.17) is 4.43 Å². The van der Waals surface area contributed by atoms with Crippen molar-refractivity contribution >= 4 is 14.3 Å². The second kappa shape index (κ2) is 8.23. The Labute approximate surface area is 162 Å². The average molecular weight is 399 g/mol. The number of halogens is 2. The van der Waals surface area contributed by atoms with Crippen LogP contribution in [0.2, 0.25) is 18.1 Å². The maximum atomic E-state index is 15.6. The van der Waals surface area contributed by atoms with Crippen molar-refractivity contribution in [1.29, 1.82) is 0 Å². The van der Waals surface area contributed by atoms with Gasteiger partial charge in [-0.05, 0) is 55.6 Å². The highest BCUT2D eigenvalue weighted by atomic mass is 28.4. The van der Waals surface area contributed by atoms with E-state index in [1.54, 1.807) is 26.0 Å². The van der Waals surface area contributed by atoms with Gasteiger partial charge in [0.05, 0.1) is 7.11 Å². The predicted octanol–water partition coefficient (Wildman–Crippen LogP) is 6.12. The lowest BCUT2D eigenvalue weighted by Crippen LogP contribution is -2.46. The van der Waals surface area contributed by atoms with Crippen LogP contribution in [-0.2, 0) is 14.0 Å². The summed E-state index contributed by atoms with van der Waals surface area (Å²) in [4.78, 5) is 11.5. The Morgan fingerprint density at radius 2 is 1.63 bits per heavy atom. The Kier molecular flexibility index (Phi) is 7.16. The number of carbonyl (C=O) groups excluding carboxylic acids is 1. The zero-order valence-electron chi connectivity index (χ0n) is 17.9. The molecule has 3 nitrogen and oxygen atoms in total. The first-order valence-electron chi connectivity index (χ1n) is 9.03. The van der Waals surface area contributed by atoms with Crippen LogP contribution in [0.4, 0.5) is 8.78 Å². The summed E-state index contributed by atoms with van der Waals surface area (Å²) in [6.07, 6.45) is -0.629. The number of esters is 1. The fourth-order valence-corrected chi connectivity index (χ4v) is 3.77. The van der Waals surface area contributed by atoms with Gasteiger partial charge in [0.15, 0.2) is 8.32 Å². The summed E-state index contributed by atoms with van der Waals surface area (Å²) in [6, 6.07) is 5.45. The fourth-order valence-electron chi connectivity index (χ4n) is 2.57. The normalized spacial score (nSPS) is 14.9. The molecule has 0 bridgehead atoms. The maximum Gasteiger partial charge on any atom is 0.330 e.